The molecule has 7 heteroatoms. The Balaban J connectivity index is 1.63. The van der Waals surface area contributed by atoms with Crippen LogP contribution in [-0.2, 0) is 27.3 Å². The summed E-state index contributed by atoms with van der Waals surface area (Å²) >= 11 is 1.47. The zero-order valence-corrected chi connectivity index (χ0v) is 13.6. The number of carbonyl (C=O) groups is 2. The Morgan fingerprint density at radius 2 is 2.36 bits per heavy atom. The van der Waals surface area contributed by atoms with Gasteiger partial charge in [-0.05, 0) is 19.3 Å². The molecule has 2 aliphatic heterocycles. The highest BCUT2D eigenvalue weighted by Gasteiger charge is 2.27. The molecule has 0 aliphatic carbocycles. The van der Waals surface area contributed by atoms with Crippen molar-refractivity contribution in [2.24, 2.45) is 0 Å². The summed E-state index contributed by atoms with van der Waals surface area (Å²) in [5, 5.41) is 3.47. The van der Waals surface area contributed by atoms with Crippen LogP contribution in [0.1, 0.15) is 43.2 Å². The van der Waals surface area contributed by atoms with Crippen molar-refractivity contribution in [1.29, 1.82) is 0 Å². The van der Waals surface area contributed by atoms with Crippen LogP contribution in [0.5, 0.6) is 0 Å². The molecule has 1 atom stereocenters. The van der Waals surface area contributed by atoms with Crippen LogP contribution in [-0.4, -0.2) is 41.0 Å². The monoisotopic (exact) mass is 323 g/mol. The van der Waals surface area contributed by atoms with Crippen molar-refractivity contribution in [3.8, 4) is 0 Å². The summed E-state index contributed by atoms with van der Waals surface area (Å²) in [5.74, 6) is 0.0917. The molecule has 1 N–H and O–H groups in total. The van der Waals surface area contributed by atoms with E-state index in [1.165, 1.54) is 11.3 Å². The van der Waals surface area contributed by atoms with Gasteiger partial charge in [0.1, 0.15) is 6.10 Å². The molecule has 2 amide bonds. The molecule has 3 heterocycles. The zero-order valence-electron chi connectivity index (χ0n) is 12.8. The van der Waals surface area contributed by atoms with Crippen LogP contribution in [0.25, 0.3) is 0 Å². The third kappa shape index (κ3) is 3.30. The Labute approximate surface area is 133 Å². The smallest absolute Gasteiger partial charge is 0.255 e. The molecule has 0 spiro atoms. The van der Waals surface area contributed by atoms with Gasteiger partial charge in [0.05, 0.1) is 12.2 Å². The molecule has 0 saturated carbocycles. The molecule has 1 fully saturated rings. The molecule has 1 unspecified atom stereocenters. The van der Waals surface area contributed by atoms with E-state index in [1.54, 1.807) is 0 Å². The largest absolute Gasteiger partial charge is 0.368 e. The van der Waals surface area contributed by atoms with Crippen LogP contribution >= 0.6 is 11.3 Å². The number of amides is 2. The van der Waals surface area contributed by atoms with Gasteiger partial charge in [-0.1, -0.05) is 18.3 Å². The Hall–Kier alpha value is -1.47. The molecule has 3 rings (SSSR count). The van der Waals surface area contributed by atoms with Crippen molar-refractivity contribution in [2.75, 3.05) is 18.5 Å². The summed E-state index contributed by atoms with van der Waals surface area (Å²) in [4.78, 5) is 31.5. The molecule has 22 heavy (non-hydrogen) atoms. The normalized spacial score (nSPS) is 20.8. The van der Waals surface area contributed by atoms with Crippen molar-refractivity contribution in [1.82, 2.24) is 9.88 Å². The minimum Gasteiger partial charge on any atom is -0.368 e. The van der Waals surface area contributed by atoms with Crippen LogP contribution in [0.3, 0.4) is 0 Å². The average Bonchev–Trinajstić information content (AvgIpc) is 3.15. The quantitative estimate of drug-likeness (QED) is 0.919. The predicted molar refractivity (Wildman–Crippen MR) is 83.7 cm³/mol. The highest BCUT2D eigenvalue weighted by atomic mass is 32.1. The number of rotatable bonds is 4. The Bertz CT molecular complexity index is 566. The maximum atomic E-state index is 12.1. The van der Waals surface area contributed by atoms with Crippen molar-refractivity contribution in [3.63, 3.8) is 0 Å². The van der Waals surface area contributed by atoms with Gasteiger partial charge in [0.2, 0.25) is 5.91 Å². The number of anilines is 1. The van der Waals surface area contributed by atoms with E-state index >= 15 is 0 Å². The summed E-state index contributed by atoms with van der Waals surface area (Å²) < 4.78 is 5.38. The molecule has 1 aromatic heterocycles. The van der Waals surface area contributed by atoms with Gasteiger partial charge in [-0.3, -0.25) is 14.9 Å². The lowest BCUT2D eigenvalue weighted by Gasteiger charge is -2.25. The van der Waals surface area contributed by atoms with Crippen LogP contribution in [0.4, 0.5) is 5.13 Å². The van der Waals surface area contributed by atoms with E-state index in [1.807, 2.05) is 11.8 Å². The summed E-state index contributed by atoms with van der Waals surface area (Å²) in [6, 6.07) is 0. The van der Waals surface area contributed by atoms with E-state index in [2.05, 4.69) is 10.3 Å². The lowest BCUT2D eigenvalue weighted by atomic mass is 10.1. The van der Waals surface area contributed by atoms with Crippen LogP contribution < -0.4 is 5.32 Å². The molecule has 0 aromatic carbocycles. The Morgan fingerprint density at radius 3 is 3.09 bits per heavy atom. The standard InChI is InChI=1S/C15H21N3O3S/c1-2-4-13(19)18-7-6-10-12(9-18)22-15(16-10)17-14(20)11-5-3-8-21-11/h11H,2-9H2,1H3,(H,16,17,20). The highest BCUT2D eigenvalue weighted by molar-refractivity contribution is 7.15. The molecule has 1 aromatic rings. The zero-order chi connectivity index (χ0) is 15.5. The molecular weight excluding hydrogens is 302 g/mol. The van der Waals surface area contributed by atoms with Gasteiger partial charge in [-0.15, -0.1) is 0 Å². The van der Waals surface area contributed by atoms with Crippen LogP contribution in [0.2, 0.25) is 0 Å². The second kappa shape index (κ2) is 6.75. The van der Waals surface area contributed by atoms with Gasteiger partial charge in [0, 0.05) is 30.9 Å². The fraction of sp³-hybridized carbons (Fsp3) is 0.667. The van der Waals surface area contributed by atoms with Gasteiger partial charge in [0.25, 0.3) is 5.91 Å². The van der Waals surface area contributed by atoms with Crippen molar-refractivity contribution in [2.45, 2.75) is 51.7 Å². The maximum absolute atomic E-state index is 12.1. The summed E-state index contributed by atoms with van der Waals surface area (Å²) in [6.07, 6.45) is 3.59. The number of hydrogen-bond donors (Lipinski definition) is 1. The van der Waals surface area contributed by atoms with E-state index in [-0.39, 0.29) is 17.9 Å². The van der Waals surface area contributed by atoms with Gasteiger partial charge in [-0.2, -0.15) is 0 Å². The molecule has 2 aliphatic rings. The minimum absolute atomic E-state index is 0.109. The van der Waals surface area contributed by atoms with Gasteiger partial charge < -0.3 is 9.64 Å². The number of nitrogens with zero attached hydrogens (tertiary/aromatic N) is 2. The predicted octanol–water partition coefficient (Wildman–Crippen LogP) is 1.95. The third-order valence-electron chi connectivity index (χ3n) is 4.00. The SMILES string of the molecule is CCCC(=O)N1CCc2nc(NC(=O)C3CCCO3)sc2C1. The van der Waals surface area contributed by atoms with E-state index in [4.69, 9.17) is 4.74 Å². The molecule has 6 nitrogen and oxygen atoms in total. The lowest BCUT2D eigenvalue weighted by Crippen LogP contribution is -2.35. The lowest BCUT2D eigenvalue weighted by molar-refractivity contribution is -0.132. The number of ether oxygens (including phenoxy) is 1. The Kier molecular flexibility index (Phi) is 4.73. The first-order chi connectivity index (χ1) is 10.7. The molecular formula is C15H21N3O3S. The molecule has 0 bridgehead atoms. The first kappa shape index (κ1) is 15.4. The fourth-order valence-electron chi connectivity index (χ4n) is 2.80. The first-order valence-electron chi connectivity index (χ1n) is 7.86. The molecule has 1 saturated heterocycles. The van der Waals surface area contributed by atoms with Crippen LogP contribution in [0.15, 0.2) is 0 Å². The average molecular weight is 323 g/mol. The molecule has 120 valence electrons. The van der Waals surface area contributed by atoms with Crippen molar-refractivity contribution < 1.29 is 14.3 Å². The maximum Gasteiger partial charge on any atom is 0.255 e. The van der Waals surface area contributed by atoms with Crippen LogP contribution in [0, 0.1) is 0 Å². The fourth-order valence-corrected chi connectivity index (χ4v) is 3.83. The summed E-state index contributed by atoms with van der Waals surface area (Å²) in [5.41, 5.74) is 1.01. The number of nitrogens with one attached hydrogen (secondary N) is 1. The number of hydrogen-bond acceptors (Lipinski definition) is 5. The number of carbonyl (C=O) groups excluding carboxylic acids is 2. The third-order valence-corrected chi connectivity index (χ3v) is 5.00. The first-order valence-corrected chi connectivity index (χ1v) is 8.68. The highest BCUT2D eigenvalue weighted by Crippen LogP contribution is 2.29. The van der Waals surface area contributed by atoms with E-state index in [9.17, 15) is 9.59 Å². The van der Waals surface area contributed by atoms with Gasteiger partial charge >= 0.3 is 0 Å². The summed E-state index contributed by atoms with van der Waals surface area (Å²) in [6.45, 7) is 4.00. The van der Waals surface area contributed by atoms with E-state index in [0.29, 0.717) is 31.2 Å². The number of thiazole rings is 1. The second-order valence-electron chi connectivity index (χ2n) is 5.70. The second-order valence-corrected chi connectivity index (χ2v) is 6.78. The number of fused-ring (bicyclic) bond motifs is 1. The van der Waals surface area contributed by atoms with E-state index < -0.39 is 0 Å². The van der Waals surface area contributed by atoms with Gasteiger partial charge in [0.15, 0.2) is 5.13 Å². The van der Waals surface area contributed by atoms with Crippen molar-refractivity contribution >= 4 is 28.3 Å². The Morgan fingerprint density at radius 1 is 1.50 bits per heavy atom. The summed E-state index contributed by atoms with van der Waals surface area (Å²) in [7, 11) is 0. The van der Waals surface area contributed by atoms with Gasteiger partial charge in [-0.25, -0.2) is 4.98 Å². The minimum atomic E-state index is -0.344. The molecule has 0 radical (unpaired) electrons. The van der Waals surface area contributed by atoms with Crippen molar-refractivity contribution in [3.05, 3.63) is 10.6 Å². The topological polar surface area (TPSA) is 71.5 Å². The number of aromatic nitrogens is 1. The van der Waals surface area contributed by atoms with E-state index in [0.717, 1.165) is 36.3 Å².